The molecule has 1 aliphatic rings. The molecule has 0 unspecified atom stereocenters. The minimum atomic E-state index is 0.388. The van der Waals surface area contributed by atoms with Crippen LogP contribution in [0.1, 0.15) is 39.0 Å². The Hall–Kier alpha value is -0.120. The summed E-state index contributed by atoms with van der Waals surface area (Å²) in [5.41, 5.74) is 6.37. The van der Waals surface area contributed by atoms with E-state index in [2.05, 4.69) is 11.9 Å². The number of nitrogens with two attached hydrogens (primary N) is 1. The predicted molar refractivity (Wildman–Crippen MR) is 68.6 cm³/mol. The van der Waals surface area contributed by atoms with Crippen LogP contribution in [0.4, 0.5) is 0 Å². The Bertz CT molecular complexity index is 179. The number of nitrogens with zero attached hydrogens (tertiary/aromatic N) is 1. The molecule has 16 heavy (non-hydrogen) atoms. The van der Waals surface area contributed by atoms with Gasteiger partial charge in [0.15, 0.2) is 0 Å². The first kappa shape index (κ1) is 13.9. The average molecular weight is 228 g/mol. The molecule has 3 heteroatoms. The first-order chi connectivity index (χ1) is 7.72. The van der Waals surface area contributed by atoms with Gasteiger partial charge in [-0.3, -0.25) is 0 Å². The standard InChI is InChI=1S/C13H28N2O/c1-3-16-10-9-15(2)12-13(11-14)7-5-4-6-8-13/h3-12,14H2,1-2H3. The summed E-state index contributed by atoms with van der Waals surface area (Å²) in [4.78, 5) is 2.38. The number of likely N-dealkylation sites (N-methyl/N-ethyl adjacent to an activating group) is 1. The highest BCUT2D eigenvalue weighted by molar-refractivity contribution is 4.86. The van der Waals surface area contributed by atoms with Gasteiger partial charge < -0.3 is 15.4 Å². The van der Waals surface area contributed by atoms with Crippen LogP contribution in [0.15, 0.2) is 0 Å². The van der Waals surface area contributed by atoms with Gasteiger partial charge in [-0.05, 0) is 38.8 Å². The van der Waals surface area contributed by atoms with Crippen molar-refractivity contribution in [3.8, 4) is 0 Å². The maximum absolute atomic E-state index is 5.98. The van der Waals surface area contributed by atoms with Crippen molar-refractivity contribution >= 4 is 0 Å². The number of hydrogen-bond acceptors (Lipinski definition) is 3. The number of hydrogen-bond donors (Lipinski definition) is 1. The largest absolute Gasteiger partial charge is 0.380 e. The van der Waals surface area contributed by atoms with Crippen molar-refractivity contribution in [2.24, 2.45) is 11.1 Å². The van der Waals surface area contributed by atoms with E-state index in [-0.39, 0.29) is 0 Å². The molecule has 0 aliphatic heterocycles. The summed E-state index contributed by atoms with van der Waals surface area (Å²) >= 11 is 0. The third-order valence-corrected chi connectivity index (χ3v) is 3.77. The normalized spacial score (nSPS) is 20.2. The Balaban J connectivity index is 2.30. The monoisotopic (exact) mass is 228 g/mol. The molecule has 1 aliphatic carbocycles. The van der Waals surface area contributed by atoms with E-state index in [0.29, 0.717) is 5.41 Å². The highest BCUT2D eigenvalue weighted by Crippen LogP contribution is 2.35. The van der Waals surface area contributed by atoms with Crippen molar-refractivity contribution in [3.05, 3.63) is 0 Å². The van der Waals surface area contributed by atoms with Crippen LogP contribution in [-0.4, -0.2) is 44.8 Å². The van der Waals surface area contributed by atoms with Crippen molar-refractivity contribution in [2.75, 3.05) is 39.9 Å². The predicted octanol–water partition coefficient (Wildman–Crippen LogP) is 1.86. The third-order valence-electron chi connectivity index (χ3n) is 3.77. The fourth-order valence-corrected chi connectivity index (χ4v) is 2.74. The quantitative estimate of drug-likeness (QED) is 0.676. The van der Waals surface area contributed by atoms with Gasteiger partial charge in [-0.2, -0.15) is 0 Å². The van der Waals surface area contributed by atoms with Gasteiger partial charge in [0.2, 0.25) is 0 Å². The molecular weight excluding hydrogens is 200 g/mol. The van der Waals surface area contributed by atoms with Crippen LogP contribution in [0, 0.1) is 5.41 Å². The molecular formula is C13H28N2O. The first-order valence-corrected chi connectivity index (χ1v) is 6.69. The smallest absolute Gasteiger partial charge is 0.0593 e. The number of ether oxygens (including phenoxy) is 1. The van der Waals surface area contributed by atoms with E-state index in [9.17, 15) is 0 Å². The molecule has 2 N–H and O–H groups in total. The molecule has 0 aromatic heterocycles. The van der Waals surface area contributed by atoms with Crippen LogP contribution in [-0.2, 0) is 4.74 Å². The van der Waals surface area contributed by atoms with Gasteiger partial charge in [0.1, 0.15) is 0 Å². The van der Waals surface area contributed by atoms with Crippen molar-refractivity contribution in [1.29, 1.82) is 0 Å². The summed E-state index contributed by atoms with van der Waals surface area (Å²) < 4.78 is 5.39. The fourth-order valence-electron chi connectivity index (χ4n) is 2.74. The first-order valence-electron chi connectivity index (χ1n) is 6.69. The zero-order valence-corrected chi connectivity index (χ0v) is 11.0. The van der Waals surface area contributed by atoms with Crippen LogP contribution >= 0.6 is 0 Å². The lowest BCUT2D eigenvalue weighted by Gasteiger charge is -2.39. The lowest BCUT2D eigenvalue weighted by molar-refractivity contribution is 0.0858. The molecule has 0 bridgehead atoms. The Kier molecular flexibility index (Phi) is 6.32. The third kappa shape index (κ3) is 4.40. The van der Waals surface area contributed by atoms with Crippen LogP contribution in [0.25, 0.3) is 0 Å². The van der Waals surface area contributed by atoms with Gasteiger partial charge in [0.05, 0.1) is 6.61 Å². The van der Waals surface area contributed by atoms with E-state index in [0.717, 1.165) is 32.8 Å². The maximum Gasteiger partial charge on any atom is 0.0593 e. The highest BCUT2D eigenvalue weighted by Gasteiger charge is 2.31. The molecule has 0 spiro atoms. The van der Waals surface area contributed by atoms with Crippen LogP contribution in [0.3, 0.4) is 0 Å². The van der Waals surface area contributed by atoms with Crippen molar-refractivity contribution in [2.45, 2.75) is 39.0 Å². The minimum absolute atomic E-state index is 0.388. The topological polar surface area (TPSA) is 38.5 Å². The molecule has 1 rings (SSSR count). The van der Waals surface area contributed by atoms with Gasteiger partial charge in [0.25, 0.3) is 0 Å². The van der Waals surface area contributed by atoms with Gasteiger partial charge in [-0.15, -0.1) is 0 Å². The van der Waals surface area contributed by atoms with Crippen LogP contribution in [0.5, 0.6) is 0 Å². The van der Waals surface area contributed by atoms with Gasteiger partial charge >= 0.3 is 0 Å². The van der Waals surface area contributed by atoms with E-state index in [1.165, 1.54) is 32.1 Å². The zero-order chi connectivity index (χ0) is 11.9. The fraction of sp³-hybridized carbons (Fsp3) is 1.00. The minimum Gasteiger partial charge on any atom is -0.380 e. The average Bonchev–Trinajstić information content (AvgIpc) is 2.30. The maximum atomic E-state index is 5.98. The molecule has 0 saturated heterocycles. The molecule has 0 aromatic carbocycles. The second-order valence-electron chi connectivity index (χ2n) is 5.20. The summed E-state index contributed by atoms with van der Waals surface area (Å²) in [6.45, 7) is 6.70. The van der Waals surface area contributed by atoms with E-state index >= 15 is 0 Å². The Labute approximate surface area is 100 Å². The molecule has 0 heterocycles. The van der Waals surface area contributed by atoms with Gasteiger partial charge in [0, 0.05) is 19.7 Å². The molecule has 3 nitrogen and oxygen atoms in total. The van der Waals surface area contributed by atoms with Gasteiger partial charge in [-0.1, -0.05) is 19.3 Å². The second kappa shape index (κ2) is 7.25. The summed E-state index contributed by atoms with van der Waals surface area (Å²) in [5.74, 6) is 0. The van der Waals surface area contributed by atoms with Crippen LogP contribution < -0.4 is 5.73 Å². The zero-order valence-electron chi connectivity index (χ0n) is 11.0. The van der Waals surface area contributed by atoms with E-state index in [1.807, 2.05) is 6.92 Å². The lowest BCUT2D eigenvalue weighted by atomic mass is 9.74. The Morgan fingerprint density at radius 2 is 1.94 bits per heavy atom. The van der Waals surface area contributed by atoms with E-state index in [1.54, 1.807) is 0 Å². The second-order valence-corrected chi connectivity index (χ2v) is 5.20. The lowest BCUT2D eigenvalue weighted by Crippen LogP contribution is -2.43. The summed E-state index contributed by atoms with van der Waals surface area (Å²) in [7, 11) is 2.19. The Morgan fingerprint density at radius 1 is 1.25 bits per heavy atom. The van der Waals surface area contributed by atoms with Crippen molar-refractivity contribution in [1.82, 2.24) is 4.90 Å². The molecule has 1 fully saturated rings. The molecule has 0 atom stereocenters. The van der Waals surface area contributed by atoms with E-state index in [4.69, 9.17) is 10.5 Å². The molecule has 96 valence electrons. The summed E-state index contributed by atoms with van der Waals surface area (Å²) in [6, 6.07) is 0. The number of rotatable bonds is 7. The van der Waals surface area contributed by atoms with Crippen molar-refractivity contribution in [3.63, 3.8) is 0 Å². The van der Waals surface area contributed by atoms with Crippen molar-refractivity contribution < 1.29 is 4.74 Å². The molecule has 1 saturated carbocycles. The summed E-state index contributed by atoms with van der Waals surface area (Å²) in [6.07, 6.45) is 6.72. The Morgan fingerprint density at radius 3 is 2.50 bits per heavy atom. The summed E-state index contributed by atoms with van der Waals surface area (Å²) in [5, 5.41) is 0. The molecule has 0 aromatic rings. The van der Waals surface area contributed by atoms with Gasteiger partial charge in [-0.25, -0.2) is 0 Å². The highest BCUT2D eigenvalue weighted by atomic mass is 16.5. The SMILES string of the molecule is CCOCCN(C)CC1(CN)CCCCC1. The van der Waals surface area contributed by atoms with Crippen LogP contribution in [0.2, 0.25) is 0 Å². The molecule has 0 amide bonds. The van der Waals surface area contributed by atoms with E-state index < -0.39 is 0 Å². The molecule has 0 radical (unpaired) electrons.